The maximum atomic E-state index is 6.31. The van der Waals surface area contributed by atoms with Crippen LogP contribution in [-0.4, -0.2) is 12.0 Å². The van der Waals surface area contributed by atoms with Gasteiger partial charge in [-0.15, -0.1) is 0 Å². The van der Waals surface area contributed by atoms with E-state index in [1.54, 1.807) is 6.20 Å². The zero-order valence-corrected chi connectivity index (χ0v) is 13.0. The van der Waals surface area contributed by atoms with E-state index in [-0.39, 0.29) is 6.04 Å². The highest BCUT2D eigenvalue weighted by molar-refractivity contribution is 7.99. The topological polar surface area (TPSA) is 24.9 Å². The summed E-state index contributed by atoms with van der Waals surface area (Å²) in [7, 11) is 1.93. The first-order valence-corrected chi connectivity index (χ1v) is 7.44. The molecule has 2 rings (SSSR count). The van der Waals surface area contributed by atoms with E-state index in [9.17, 15) is 0 Å². The highest BCUT2D eigenvalue weighted by Gasteiger charge is 2.10. The summed E-state index contributed by atoms with van der Waals surface area (Å²) in [5, 5.41) is 5.30. The second-order valence-electron chi connectivity index (χ2n) is 4.09. The fraction of sp³-hybridized carbons (Fsp3) is 0.214. The lowest BCUT2D eigenvalue weighted by atomic mass is 10.1. The lowest BCUT2D eigenvalue weighted by Crippen LogP contribution is -2.12. The normalized spacial score (nSPS) is 12.4. The van der Waals surface area contributed by atoms with Crippen LogP contribution < -0.4 is 5.32 Å². The van der Waals surface area contributed by atoms with Crippen molar-refractivity contribution in [1.29, 1.82) is 0 Å². The molecule has 1 aromatic heterocycles. The van der Waals surface area contributed by atoms with Crippen molar-refractivity contribution in [2.45, 2.75) is 22.9 Å². The van der Waals surface area contributed by atoms with E-state index in [4.69, 9.17) is 23.2 Å². The molecule has 0 radical (unpaired) electrons. The minimum atomic E-state index is 0.273. The Bertz CT molecular complexity index is 575. The summed E-state index contributed by atoms with van der Waals surface area (Å²) >= 11 is 13.9. The molecule has 1 aromatic carbocycles. The Kier molecular flexibility index (Phi) is 5.11. The van der Waals surface area contributed by atoms with E-state index in [0.29, 0.717) is 10.0 Å². The van der Waals surface area contributed by atoms with Crippen molar-refractivity contribution >= 4 is 35.0 Å². The number of aromatic nitrogens is 1. The quantitative estimate of drug-likeness (QED) is 0.876. The second-order valence-corrected chi connectivity index (χ2v) is 5.94. The number of rotatable bonds is 4. The Morgan fingerprint density at radius 1 is 1.21 bits per heavy atom. The smallest absolute Gasteiger partial charge is 0.119 e. The van der Waals surface area contributed by atoms with Crippen LogP contribution in [0, 0.1) is 0 Å². The average Bonchev–Trinajstić information content (AvgIpc) is 2.42. The first-order chi connectivity index (χ1) is 9.11. The van der Waals surface area contributed by atoms with Crippen molar-refractivity contribution in [3.8, 4) is 0 Å². The number of hydrogen-bond donors (Lipinski definition) is 1. The summed E-state index contributed by atoms with van der Waals surface area (Å²) in [4.78, 5) is 5.20. The van der Waals surface area contributed by atoms with Crippen molar-refractivity contribution in [1.82, 2.24) is 10.3 Å². The Labute approximate surface area is 127 Å². The zero-order valence-electron chi connectivity index (χ0n) is 10.7. The summed E-state index contributed by atoms with van der Waals surface area (Å²) in [5.41, 5.74) is 1.16. The Morgan fingerprint density at radius 3 is 2.63 bits per heavy atom. The second kappa shape index (κ2) is 6.62. The molecular formula is C14H14Cl2N2S. The molecule has 0 aliphatic carbocycles. The zero-order chi connectivity index (χ0) is 13.8. The van der Waals surface area contributed by atoms with Crippen molar-refractivity contribution in [2.24, 2.45) is 0 Å². The van der Waals surface area contributed by atoms with Crippen LogP contribution in [0.2, 0.25) is 10.0 Å². The molecule has 0 amide bonds. The molecule has 0 saturated carbocycles. The van der Waals surface area contributed by atoms with Gasteiger partial charge in [-0.05, 0) is 43.8 Å². The number of pyridine rings is 1. The van der Waals surface area contributed by atoms with Crippen LogP contribution in [0.1, 0.15) is 18.5 Å². The molecular weight excluding hydrogens is 299 g/mol. The van der Waals surface area contributed by atoms with Crippen molar-refractivity contribution in [3.63, 3.8) is 0 Å². The van der Waals surface area contributed by atoms with Gasteiger partial charge in [-0.3, -0.25) is 0 Å². The van der Waals surface area contributed by atoms with E-state index in [1.807, 2.05) is 31.3 Å². The molecule has 19 heavy (non-hydrogen) atoms. The molecule has 0 saturated heterocycles. The Morgan fingerprint density at radius 2 is 2.00 bits per heavy atom. The summed E-state index contributed by atoms with van der Waals surface area (Å²) in [6, 6.07) is 9.94. The van der Waals surface area contributed by atoms with Crippen LogP contribution >= 0.6 is 35.0 Å². The molecule has 1 unspecified atom stereocenters. The summed E-state index contributed by atoms with van der Waals surface area (Å²) in [5.74, 6) is 0. The third-order valence-electron chi connectivity index (χ3n) is 2.82. The van der Waals surface area contributed by atoms with Crippen LogP contribution in [0.4, 0.5) is 0 Å². The van der Waals surface area contributed by atoms with E-state index >= 15 is 0 Å². The third-order valence-corrected chi connectivity index (χ3v) is 4.76. The maximum absolute atomic E-state index is 6.31. The van der Waals surface area contributed by atoms with Gasteiger partial charge in [0.2, 0.25) is 0 Å². The molecule has 0 aliphatic heterocycles. The van der Waals surface area contributed by atoms with Gasteiger partial charge < -0.3 is 5.32 Å². The first kappa shape index (κ1) is 14.7. The van der Waals surface area contributed by atoms with Crippen LogP contribution in [0.25, 0.3) is 0 Å². The molecule has 0 aliphatic rings. The van der Waals surface area contributed by atoms with Gasteiger partial charge in [0, 0.05) is 17.1 Å². The van der Waals surface area contributed by atoms with Gasteiger partial charge in [-0.2, -0.15) is 0 Å². The molecule has 2 nitrogen and oxygen atoms in total. The van der Waals surface area contributed by atoms with Crippen LogP contribution in [0.15, 0.2) is 46.5 Å². The molecule has 0 fully saturated rings. The van der Waals surface area contributed by atoms with Gasteiger partial charge in [0.25, 0.3) is 0 Å². The summed E-state index contributed by atoms with van der Waals surface area (Å²) in [6.45, 7) is 2.09. The highest BCUT2D eigenvalue weighted by Crippen LogP contribution is 2.36. The Hall–Kier alpha value is -0.740. The lowest BCUT2D eigenvalue weighted by Gasteiger charge is -2.12. The minimum Gasteiger partial charge on any atom is -0.313 e. The van der Waals surface area contributed by atoms with Gasteiger partial charge in [-0.25, -0.2) is 4.98 Å². The summed E-state index contributed by atoms with van der Waals surface area (Å²) < 4.78 is 0. The average molecular weight is 313 g/mol. The van der Waals surface area contributed by atoms with Crippen molar-refractivity contribution in [2.75, 3.05) is 7.05 Å². The molecule has 2 aromatic rings. The van der Waals surface area contributed by atoms with Gasteiger partial charge in [0.15, 0.2) is 0 Å². The van der Waals surface area contributed by atoms with Gasteiger partial charge in [-0.1, -0.05) is 41.0 Å². The standard InChI is InChI=1S/C14H14Cl2N2S/c1-9(17-2)10-5-6-13(12(16)8-10)19-14-11(15)4-3-7-18-14/h3-9,17H,1-2H3. The molecule has 0 spiro atoms. The van der Waals surface area contributed by atoms with Gasteiger partial charge >= 0.3 is 0 Å². The first-order valence-electron chi connectivity index (χ1n) is 5.87. The van der Waals surface area contributed by atoms with Gasteiger partial charge in [0.1, 0.15) is 5.03 Å². The van der Waals surface area contributed by atoms with Crippen molar-refractivity contribution in [3.05, 3.63) is 52.1 Å². The number of halogens is 2. The predicted octanol–water partition coefficient (Wildman–Crippen LogP) is 4.82. The molecule has 1 heterocycles. The van der Waals surface area contributed by atoms with E-state index in [0.717, 1.165) is 15.5 Å². The van der Waals surface area contributed by atoms with Crippen LogP contribution in [0.3, 0.4) is 0 Å². The fourth-order valence-electron chi connectivity index (χ4n) is 1.59. The third kappa shape index (κ3) is 3.63. The molecule has 100 valence electrons. The van der Waals surface area contributed by atoms with E-state index in [2.05, 4.69) is 23.3 Å². The SMILES string of the molecule is CNC(C)c1ccc(Sc2ncccc2Cl)c(Cl)c1. The number of nitrogens with one attached hydrogen (secondary N) is 1. The minimum absolute atomic E-state index is 0.273. The molecule has 5 heteroatoms. The summed E-state index contributed by atoms with van der Waals surface area (Å²) in [6.07, 6.45) is 1.72. The Balaban J connectivity index is 2.25. The largest absolute Gasteiger partial charge is 0.313 e. The number of nitrogens with zero attached hydrogens (tertiary/aromatic N) is 1. The number of benzene rings is 1. The van der Waals surface area contributed by atoms with E-state index < -0.39 is 0 Å². The lowest BCUT2D eigenvalue weighted by molar-refractivity contribution is 0.652. The molecule has 1 N–H and O–H groups in total. The maximum Gasteiger partial charge on any atom is 0.119 e. The van der Waals surface area contributed by atoms with E-state index in [1.165, 1.54) is 11.8 Å². The van der Waals surface area contributed by atoms with Crippen LogP contribution in [-0.2, 0) is 0 Å². The monoisotopic (exact) mass is 312 g/mol. The molecule has 1 atom stereocenters. The molecule has 0 bridgehead atoms. The highest BCUT2D eigenvalue weighted by atomic mass is 35.5. The van der Waals surface area contributed by atoms with Crippen LogP contribution in [0.5, 0.6) is 0 Å². The fourth-order valence-corrected chi connectivity index (χ4v) is 2.91. The number of hydrogen-bond acceptors (Lipinski definition) is 3. The van der Waals surface area contributed by atoms with Gasteiger partial charge in [0.05, 0.1) is 10.0 Å². The predicted molar refractivity (Wildman–Crippen MR) is 82.3 cm³/mol. The van der Waals surface area contributed by atoms with Crippen molar-refractivity contribution < 1.29 is 0 Å².